The molecule has 1 aliphatic rings. The monoisotopic (exact) mass is 181 g/mol. The molecule has 4 heteroatoms. The molecule has 1 aliphatic heterocycles. The van der Waals surface area contributed by atoms with Crippen molar-refractivity contribution in [2.24, 2.45) is 4.99 Å². The lowest BCUT2D eigenvalue weighted by atomic mass is 10.1. The second-order valence-electron chi connectivity index (χ2n) is 2.60. The normalized spacial score (nSPS) is 14.1. The number of carbonyl (C=O) groups excluding carboxylic acids is 2. The zero-order chi connectivity index (χ0) is 9.68. The van der Waals surface area contributed by atoms with Gasteiger partial charge in [-0.2, -0.15) is 0 Å². The lowest BCUT2D eigenvalue weighted by molar-refractivity contribution is -0.144. The van der Waals surface area contributed by atoms with E-state index in [2.05, 4.69) is 9.73 Å². The molecular formula is C9H11NO3. The Kier molecular flexibility index (Phi) is 3.37. The maximum absolute atomic E-state index is 11.3. The Morgan fingerprint density at radius 1 is 1.62 bits per heavy atom. The van der Waals surface area contributed by atoms with Gasteiger partial charge >= 0.3 is 5.97 Å². The summed E-state index contributed by atoms with van der Waals surface area (Å²) in [7, 11) is 0. The van der Waals surface area contributed by atoms with Gasteiger partial charge in [-0.3, -0.25) is 14.6 Å². The van der Waals surface area contributed by atoms with Gasteiger partial charge in [-0.25, -0.2) is 0 Å². The molecule has 0 fully saturated rings. The lowest BCUT2D eigenvalue weighted by Gasteiger charge is -2.00. The molecule has 70 valence electrons. The van der Waals surface area contributed by atoms with E-state index in [0.717, 1.165) is 0 Å². The van der Waals surface area contributed by atoms with E-state index in [4.69, 9.17) is 0 Å². The summed E-state index contributed by atoms with van der Waals surface area (Å²) < 4.78 is 4.64. The quantitative estimate of drug-likeness (QED) is 0.477. The summed E-state index contributed by atoms with van der Waals surface area (Å²) in [4.78, 5) is 26.0. The number of rotatable bonds is 4. The third kappa shape index (κ3) is 2.82. The third-order valence-corrected chi connectivity index (χ3v) is 1.62. The van der Waals surface area contributed by atoms with E-state index >= 15 is 0 Å². The van der Waals surface area contributed by atoms with Crippen LogP contribution in [0.15, 0.2) is 16.8 Å². The molecule has 0 aliphatic carbocycles. The molecule has 0 aromatic heterocycles. The average molecular weight is 181 g/mol. The summed E-state index contributed by atoms with van der Waals surface area (Å²) in [5.41, 5.74) is 0.577. The molecule has 0 aromatic rings. The number of Topliss-reactive ketones (excluding diaryl/α,β-unsaturated/α-hetero) is 1. The van der Waals surface area contributed by atoms with Crippen molar-refractivity contribution in [3.05, 3.63) is 11.8 Å². The molecule has 0 amide bonds. The molecule has 0 N–H and O–H groups in total. The van der Waals surface area contributed by atoms with Crippen LogP contribution in [0, 0.1) is 0 Å². The summed E-state index contributed by atoms with van der Waals surface area (Å²) in [5, 5.41) is 0. The number of hydrogen-bond donors (Lipinski definition) is 0. The summed E-state index contributed by atoms with van der Waals surface area (Å²) in [5.74, 6) is -0.670. The number of ketones is 1. The van der Waals surface area contributed by atoms with Gasteiger partial charge in [0.1, 0.15) is 6.42 Å². The van der Waals surface area contributed by atoms with Crippen molar-refractivity contribution in [1.82, 2.24) is 0 Å². The van der Waals surface area contributed by atoms with Crippen LogP contribution in [-0.2, 0) is 14.3 Å². The minimum absolute atomic E-state index is 0.178. The number of carbonyl (C=O) groups is 2. The second-order valence-corrected chi connectivity index (χ2v) is 2.60. The van der Waals surface area contributed by atoms with Crippen molar-refractivity contribution in [3.8, 4) is 0 Å². The predicted octanol–water partition coefficient (Wildman–Crippen LogP) is 0.867. The van der Waals surface area contributed by atoms with Crippen LogP contribution in [0.4, 0.5) is 0 Å². The van der Waals surface area contributed by atoms with Crippen LogP contribution < -0.4 is 0 Å². The van der Waals surface area contributed by atoms with Gasteiger partial charge < -0.3 is 4.74 Å². The van der Waals surface area contributed by atoms with Crippen LogP contribution in [0.3, 0.4) is 0 Å². The first-order valence-electron chi connectivity index (χ1n) is 4.13. The molecule has 0 atom stereocenters. The molecule has 0 unspecified atom stereocenters. The Balaban J connectivity index is 2.37. The average Bonchev–Trinajstić information content (AvgIpc) is 2.55. The minimum atomic E-state index is -0.472. The molecule has 13 heavy (non-hydrogen) atoms. The van der Waals surface area contributed by atoms with Crippen molar-refractivity contribution in [3.63, 3.8) is 0 Å². The number of nitrogens with zero attached hydrogens (tertiary/aromatic N) is 1. The SMILES string of the molecule is CCOC(=O)CC(=O)C1=CN=CC1. The van der Waals surface area contributed by atoms with E-state index in [1.807, 2.05) is 0 Å². The largest absolute Gasteiger partial charge is 0.466 e. The van der Waals surface area contributed by atoms with Crippen molar-refractivity contribution in [1.29, 1.82) is 0 Å². The van der Waals surface area contributed by atoms with Crippen LogP contribution in [0.2, 0.25) is 0 Å². The number of hydrogen-bond acceptors (Lipinski definition) is 4. The van der Waals surface area contributed by atoms with Gasteiger partial charge in [0.25, 0.3) is 0 Å². The fourth-order valence-corrected chi connectivity index (χ4v) is 0.989. The highest BCUT2D eigenvalue weighted by molar-refractivity contribution is 6.07. The van der Waals surface area contributed by atoms with Gasteiger partial charge in [0.05, 0.1) is 6.61 Å². The summed E-state index contributed by atoms with van der Waals surface area (Å²) >= 11 is 0. The maximum atomic E-state index is 11.3. The van der Waals surface area contributed by atoms with Crippen molar-refractivity contribution < 1.29 is 14.3 Å². The predicted molar refractivity (Wildman–Crippen MR) is 47.4 cm³/mol. The highest BCUT2D eigenvalue weighted by atomic mass is 16.5. The topological polar surface area (TPSA) is 55.7 Å². The first kappa shape index (κ1) is 9.64. The van der Waals surface area contributed by atoms with Crippen molar-refractivity contribution in [2.75, 3.05) is 6.61 Å². The van der Waals surface area contributed by atoms with E-state index in [-0.39, 0.29) is 12.2 Å². The van der Waals surface area contributed by atoms with Crippen molar-refractivity contribution in [2.45, 2.75) is 19.8 Å². The fraction of sp³-hybridized carbons (Fsp3) is 0.444. The number of ether oxygens (including phenoxy) is 1. The number of aliphatic imine (C=N–C) groups is 1. The smallest absolute Gasteiger partial charge is 0.313 e. The molecule has 4 nitrogen and oxygen atoms in total. The second kappa shape index (κ2) is 4.54. The summed E-state index contributed by atoms with van der Waals surface area (Å²) in [6.45, 7) is 2.02. The fourth-order valence-electron chi connectivity index (χ4n) is 0.989. The standard InChI is InChI=1S/C9H11NO3/c1-2-13-9(12)5-8(11)7-3-4-10-6-7/h4,6H,2-3,5H2,1H3. The van der Waals surface area contributed by atoms with Crippen LogP contribution in [0.5, 0.6) is 0 Å². The first-order valence-corrected chi connectivity index (χ1v) is 4.13. The highest BCUT2D eigenvalue weighted by Gasteiger charge is 2.15. The van der Waals surface area contributed by atoms with E-state index in [1.165, 1.54) is 6.20 Å². The maximum Gasteiger partial charge on any atom is 0.313 e. The Bertz CT molecular complexity index is 279. The molecule has 0 saturated heterocycles. The molecule has 0 saturated carbocycles. The van der Waals surface area contributed by atoms with Gasteiger partial charge in [-0.1, -0.05) is 0 Å². The number of allylic oxidation sites excluding steroid dienone is 1. The van der Waals surface area contributed by atoms with Gasteiger partial charge in [-0.05, 0) is 6.92 Å². The lowest BCUT2D eigenvalue weighted by Crippen LogP contribution is -2.12. The molecule has 0 spiro atoms. The molecule has 0 radical (unpaired) electrons. The van der Waals surface area contributed by atoms with Crippen molar-refractivity contribution >= 4 is 18.0 Å². The van der Waals surface area contributed by atoms with Gasteiger partial charge in [-0.15, -0.1) is 0 Å². The zero-order valence-electron chi connectivity index (χ0n) is 7.45. The van der Waals surface area contributed by atoms with Crippen LogP contribution in [-0.4, -0.2) is 24.6 Å². The molecule has 1 heterocycles. The molecule has 0 bridgehead atoms. The minimum Gasteiger partial charge on any atom is -0.466 e. The molecule has 0 aromatic carbocycles. The van der Waals surface area contributed by atoms with Gasteiger partial charge in [0, 0.05) is 24.4 Å². The van der Waals surface area contributed by atoms with E-state index in [9.17, 15) is 9.59 Å². The summed E-state index contributed by atoms with van der Waals surface area (Å²) in [6, 6.07) is 0. The van der Waals surface area contributed by atoms with E-state index < -0.39 is 5.97 Å². The number of esters is 1. The van der Waals surface area contributed by atoms with E-state index in [1.54, 1.807) is 13.1 Å². The van der Waals surface area contributed by atoms with Crippen LogP contribution in [0.25, 0.3) is 0 Å². The Morgan fingerprint density at radius 3 is 2.92 bits per heavy atom. The third-order valence-electron chi connectivity index (χ3n) is 1.62. The van der Waals surface area contributed by atoms with Gasteiger partial charge in [0.15, 0.2) is 5.78 Å². The summed E-state index contributed by atoms with van der Waals surface area (Å²) in [6.07, 6.45) is 3.47. The molecule has 1 rings (SSSR count). The molecular weight excluding hydrogens is 170 g/mol. The zero-order valence-corrected chi connectivity index (χ0v) is 7.45. The highest BCUT2D eigenvalue weighted by Crippen LogP contribution is 2.09. The first-order chi connectivity index (χ1) is 6.24. The van der Waals surface area contributed by atoms with E-state index in [0.29, 0.717) is 18.6 Å². The van der Waals surface area contributed by atoms with Crippen LogP contribution >= 0.6 is 0 Å². The van der Waals surface area contributed by atoms with Crippen LogP contribution in [0.1, 0.15) is 19.8 Å². The Morgan fingerprint density at radius 2 is 2.38 bits per heavy atom. The Labute approximate surface area is 76.3 Å². The van der Waals surface area contributed by atoms with Gasteiger partial charge in [0.2, 0.25) is 0 Å². The Hall–Kier alpha value is -1.45.